The summed E-state index contributed by atoms with van der Waals surface area (Å²) in [7, 11) is 1.80. The molecule has 0 fully saturated rings. The zero-order valence-corrected chi connectivity index (χ0v) is 17.5. The second kappa shape index (κ2) is 8.08. The van der Waals surface area contributed by atoms with E-state index >= 15 is 0 Å². The van der Waals surface area contributed by atoms with Crippen LogP contribution in [-0.2, 0) is 0 Å². The van der Waals surface area contributed by atoms with E-state index in [9.17, 15) is 9.90 Å². The third kappa shape index (κ3) is 4.65. The number of hydrogen-bond donors (Lipinski definition) is 4. The molecule has 29 heavy (non-hydrogen) atoms. The van der Waals surface area contributed by atoms with Gasteiger partial charge in [0.05, 0.1) is 11.9 Å². The Bertz CT molecular complexity index is 1020. The third-order valence-electron chi connectivity index (χ3n) is 4.62. The number of amides is 1. The first-order chi connectivity index (χ1) is 13.7. The standard InChI is InChI=1S/C21H28N6O2/c1-13-6-14(2)8-15(7-13)25-18-9-16(22-5)19-23-10-17(27(19)26-18)20(29)24-11-21(3,4)12-28/h6-10,22,28H,11-12H2,1-5H3,(H,24,29)(H,25,26). The largest absolute Gasteiger partial charge is 0.396 e. The fourth-order valence-corrected chi connectivity index (χ4v) is 3.03. The van der Waals surface area contributed by atoms with E-state index in [2.05, 4.69) is 32.1 Å². The van der Waals surface area contributed by atoms with E-state index in [-0.39, 0.29) is 12.5 Å². The van der Waals surface area contributed by atoms with E-state index in [1.54, 1.807) is 7.05 Å². The molecule has 8 heteroatoms. The fourth-order valence-electron chi connectivity index (χ4n) is 3.03. The van der Waals surface area contributed by atoms with E-state index in [0.717, 1.165) is 22.5 Å². The first-order valence-electron chi connectivity index (χ1n) is 9.53. The average Bonchev–Trinajstić information content (AvgIpc) is 3.08. The maximum atomic E-state index is 12.7. The quantitative estimate of drug-likeness (QED) is 0.490. The molecule has 4 N–H and O–H groups in total. The number of aryl methyl sites for hydroxylation is 2. The lowest BCUT2D eigenvalue weighted by molar-refractivity contribution is 0.0904. The molecule has 1 aromatic carbocycles. The lowest BCUT2D eigenvalue weighted by Crippen LogP contribution is -2.36. The highest BCUT2D eigenvalue weighted by atomic mass is 16.3. The number of imidazole rings is 1. The van der Waals surface area contributed by atoms with Crippen LogP contribution in [0.3, 0.4) is 0 Å². The van der Waals surface area contributed by atoms with Crippen LogP contribution in [0.1, 0.15) is 35.5 Å². The third-order valence-corrected chi connectivity index (χ3v) is 4.62. The normalized spacial score (nSPS) is 11.5. The smallest absolute Gasteiger partial charge is 0.271 e. The minimum absolute atomic E-state index is 0.0213. The predicted octanol–water partition coefficient (Wildman–Crippen LogP) is 2.88. The second-order valence-corrected chi connectivity index (χ2v) is 8.08. The number of aliphatic hydroxyl groups is 1. The maximum absolute atomic E-state index is 12.7. The van der Waals surface area contributed by atoms with Crippen LogP contribution in [0.2, 0.25) is 0 Å². The first-order valence-corrected chi connectivity index (χ1v) is 9.53. The SMILES string of the molecule is CNc1cc(Nc2cc(C)cc(C)c2)nn2c(C(=O)NCC(C)(C)CO)cnc12. The van der Waals surface area contributed by atoms with Gasteiger partial charge in [-0.3, -0.25) is 4.79 Å². The van der Waals surface area contributed by atoms with Crippen molar-refractivity contribution in [1.29, 1.82) is 0 Å². The van der Waals surface area contributed by atoms with Gasteiger partial charge < -0.3 is 21.1 Å². The number of hydrogen-bond acceptors (Lipinski definition) is 6. The van der Waals surface area contributed by atoms with Gasteiger partial charge in [0.1, 0.15) is 0 Å². The molecule has 0 saturated heterocycles. The molecule has 2 aromatic heterocycles. The Balaban J connectivity index is 1.95. The van der Waals surface area contributed by atoms with E-state index in [1.165, 1.54) is 10.7 Å². The maximum Gasteiger partial charge on any atom is 0.271 e. The van der Waals surface area contributed by atoms with Gasteiger partial charge in [-0.05, 0) is 37.1 Å². The highest BCUT2D eigenvalue weighted by molar-refractivity contribution is 5.94. The van der Waals surface area contributed by atoms with Crippen LogP contribution in [0.15, 0.2) is 30.5 Å². The Morgan fingerprint density at radius 2 is 1.86 bits per heavy atom. The average molecular weight is 396 g/mol. The molecule has 0 bridgehead atoms. The molecule has 1 amide bonds. The minimum Gasteiger partial charge on any atom is -0.396 e. The lowest BCUT2D eigenvalue weighted by atomic mass is 9.95. The monoisotopic (exact) mass is 396 g/mol. The molecule has 0 atom stereocenters. The Kier molecular flexibility index (Phi) is 5.74. The van der Waals surface area contributed by atoms with Crippen LogP contribution in [0.25, 0.3) is 5.65 Å². The summed E-state index contributed by atoms with van der Waals surface area (Å²) in [5.74, 6) is 0.298. The van der Waals surface area contributed by atoms with Crippen LogP contribution in [0.4, 0.5) is 17.2 Å². The molecule has 3 rings (SSSR count). The molecule has 0 aliphatic carbocycles. The number of carbonyl (C=O) groups excluding carboxylic acids is 1. The summed E-state index contributed by atoms with van der Waals surface area (Å²) in [5, 5.41) is 23.2. The van der Waals surface area contributed by atoms with E-state index in [4.69, 9.17) is 0 Å². The second-order valence-electron chi connectivity index (χ2n) is 8.08. The molecule has 2 heterocycles. The summed E-state index contributed by atoms with van der Waals surface area (Å²) in [6, 6.07) is 8.04. The van der Waals surface area contributed by atoms with Crippen molar-refractivity contribution >= 4 is 28.7 Å². The molecule has 0 saturated carbocycles. The summed E-state index contributed by atoms with van der Waals surface area (Å²) >= 11 is 0. The van der Waals surface area contributed by atoms with Gasteiger partial charge in [-0.2, -0.15) is 0 Å². The number of carbonyl (C=O) groups is 1. The van der Waals surface area contributed by atoms with E-state index < -0.39 is 5.41 Å². The molecule has 0 radical (unpaired) electrons. The Morgan fingerprint density at radius 3 is 2.48 bits per heavy atom. The van der Waals surface area contributed by atoms with Gasteiger partial charge >= 0.3 is 0 Å². The Hall–Kier alpha value is -3.13. The zero-order valence-electron chi connectivity index (χ0n) is 17.5. The van der Waals surface area contributed by atoms with Crippen molar-refractivity contribution in [2.75, 3.05) is 30.8 Å². The zero-order chi connectivity index (χ0) is 21.2. The summed E-state index contributed by atoms with van der Waals surface area (Å²) < 4.78 is 1.53. The number of nitrogens with one attached hydrogen (secondary N) is 3. The minimum atomic E-state index is -0.407. The van der Waals surface area contributed by atoms with Crippen LogP contribution in [0.5, 0.6) is 0 Å². The molecule has 154 valence electrons. The molecular weight excluding hydrogens is 368 g/mol. The number of nitrogens with zero attached hydrogens (tertiary/aromatic N) is 3. The predicted molar refractivity (Wildman–Crippen MR) is 115 cm³/mol. The Labute approximate surface area is 170 Å². The summed E-state index contributed by atoms with van der Waals surface area (Å²) in [4.78, 5) is 17.1. The highest BCUT2D eigenvalue weighted by Gasteiger charge is 2.21. The molecule has 3 aromatic rings. The molecular formula is C21H28N6O2. The van der Waals surface area contributed by atoms with Crippen LogP contribution in [0, 0.1) is 19.3 Å². The summed E-state index contributed by atoms with van der Waals surface area (Å²) in [6.07, 6.45) is 1.51. The molecule has 0 unspecified atom stereocenters. The number of anilines is 3. The van der Waals surface area contributed by atoms with Crippen molar-refractivity contribution in [3.05, 3.63) is 47.3 Å². The number of benzene rings is 1. The van der Waals surface area contributed by atoms with Gasteiger partial charge in [-0.25, -0.2) is 9.50 Å². The van der Waals surface area contributed by atoms with Crippen molar-refractivity contribution in [3.8, 4) is 0 Å². The van der Waals surface area contributed by atoms with E-state index in [0.29, 0.717) is 23.7 Å². The highest BCUT2D eigenvalue weighted by Crippen LogP contribution is 2.24. The van der Waals surface area contributed by atoms with Crippen molar-refractivity contribution in [3.63, 3.8) is 0 Å². The van der Waals surface area contributed by atoms with Crippen molar-refractivity contribution in [1.82, 2.24) is 19.9 Å². The van der Waals surface area contributed by atoms with Gasteiger partial charge in [-0.1, -0.05) is 19.9 Å². The number of rotatable bonds is 7. The molecule has 0 aliphatic rings. The topological polar surface area (TPSA) is 104 Å². The lowest BCUT2D eigenvalue weighted by Gasteiger charge is -2.21. The summed E-state index contributed by atoms with van der Waals surface area (Å²) in [6.45, 7) is 8.16. The summed E-state index contributed by atoms with van der Waals surface area (Å²) in [5.41, 5.74) is 4.46. The van der Waals surface area contributed by atoms with E-state index in [1.807, 2.05) is 45.9 Å². The van der Waals surface area contributed by atoms with Gasteiger partial charge in [-0.15, -0.1) is 5.10 Å². The van der Waals surface area contributed by atoms with Gasteiger partial charge in [0.15, 0.2) is 17.2 Å². The number of aliphatic hydroxyl groups excluding tert-OH is 1. The van der Waals surface area contributed by atoms with Crippen molar-refractivity contribution < 1.29 is 9.90 Å². The van der Waals surface area contributed by atoms with Crippen molar-refractivity contribution in [2.45, 2.75) is 27.7 Å². The van der Waals surface area contributed by atoms with Crippen LogP contribution < -0.4 is 16.0 Å². The van der Waals surface area contributed by atoms with Gasteiger partial charge in [0.2, 0.25) is 0 Å². The molecule has 0 aliphatic heterocycles. The molecule has 0 spiro atoms. The molecule has 8 nitrogen and oxygen atoms in total. The van der Waals surface area contributed by atoms with Crippen LogP contribution in [-0.4, -0.2) is 45.8 Å². The first kappa shape index (κ1) is 20.6. The van der Waals surface area contributed by atoms with Gasteiger partial charge in [0.25, 0.3) is 5.91 Å². The van der Waals surface area contributed by atoms with Gasteiger partial charge in [0, 0.05) is 37.4 Å². The number of fused-ring (bicyclic) bond motifs is 1. The fraction of sp³-hybridized carbons (Fsp3) is 0.381. The van der Waals surface area contributed by atoms with Crippen molar-refractivity contribution in [2.24, 2.45) is 5.41 Å². The Morgan fingerprint density at radius 1 is 1.17 bits per heavy atom. The van der Waals surface area contributed by atoms with Crippen LogP contribution >= 0.6 is 0 Å². The number of aromatic nitrogens is 3.